The molecule has 1 fully saturated rings. The highest BCUT2D eigenvalue weighted by atomic mass is 127. The lowest BCUT2D eigenvalue weighted by Gasteiger charge is -2.34. The van der Waals surface area contributed by atoms with Crippen LogP contribution in [-0.2, 0) is 4.74 Å². The van der Waals surface area contributed by atoms with Crippen LogP contribution in [0.25, 0.3) is 0 Å². The lowest BCUT2D eigenvalue weighted by molar-refractivity contribution is 0.0198. The molecule has 0 aliphatic carbocycles. The Kier molecular flexibility index (Phi) is 6.18. The van der Waals surface area contributed by atoms with E-state index in [1.807, 2.05) is 43.9 Å². The summed E-state index contributed by atoms with van der Waals surface area (Å²) in [6.45, 7) is 7.11. The molecule has 1 saturated heterocycles. The molecule has 146 valence electrons. The third kappa shape index (κ3) is 5.79. The lowest BCUT2D eigenvalue weighted by atomic mass is 9.90. The van der Waals surface area contributed by atoms with Crippen molar-refractivity contribution < 1.29 is 14.3 Å². The Morgan fingerprint density at radius 2 is 2.15 bits per heavy atom. The second kappa shape index (κ2) is 8.41. The first kappa shape index (κ1) is 19.9. The summed E-state index contributed by atoms with van der Waals surface area (Å²) in [5.74, 6) is 1.82. The Balaban J connectivity index is 1.67. The van der Waals surface area contributed by atoms with Crippen molar-refractivity contribution in [1.29, 1.82) is 0 Å². The van der Waals surface area contributed by atoms with E-state index in [2.05, 4.69) is 45.6 Å². The predicted octanol–water partition coefficient (Wildman–Crippen LogP) is 4.41. The number of hydrogen-bond acceptors (Lipinski definition) is 5. The molecule has 27 heavy (non-hydrogen) atoms. The highest BCUT2D eigenvalue weighted by Crippen LogP contribution is 2.30. The maximum absolute atomic E-state index is 12.4. The van der Waals surface area contributed by atoms with Crippen LogP contribution in [-0.4, -0.2) is 29.7 Å². The Labute approximate surface area is 174 Å². The molecule has 6 nitrogen and oxygen atoms in total. The summed E-state index contributed by atoms with van der Waals surface area (Å²) in [7, 11) is 0. The van der Waals surface area contributed by atoms with E-state index in [0.717, 1.165) is 34.6 Å². The number of allylic oxidation sites excluding steroid dienone is 1. The predicted molar refractivity (Wildman–Crippen MR) is 113 cm³/mol. The van der Waals surface area contributed by atoms with Crippen molar-refractivity contribution in [1.82, 2.24) is 15.8 Å². The normalized spacial score (nSPS) is 20.0. The number of carbonyl (C=O) groups excluding carboxylic acids is 1. The van der Waals surface area contributed by atoms with Gasteiger partial charge in [-0.2, -0.15) is 0 Å². The van der Waals surface area contributed by atoms with Gasteiger partial charge in [-0.3, -0.25) is 5.43 Å². The Hall–Kier alpha value is -1.90. The fourth-order valence-electron chi connectivity index (χ4n) is 3.15. The molecule has 0 bridgehead atoms. The average Bonchev–Trinajstić information content (AvgIpc) is 2.61. The fourth-order valence-corrected chi connectivity index (χ4v) is 3.61. The first-order valence-corrected chi connectivity index (χ1v) is 10.2. The maximum Gasteiger partial charge on any atom is 0.410 e. The van der Waals surface area contributed by atoms with Gasteiger partial charge >= 0.3 is 6.09 Å². The van der Waals surface area contributed by atoms with Crippen LogP contribution in [0.15, 0.2) is 46.0 Å². The minimum Gasteiger partial charge on any atom is -0.456 e. The molecule has 7 heteroatoms. The second-order valence-corrected chi connectivity index (χ2v) is 8.91. The molecule has 1 amide bonds. The van der Waals surface area contributed by atoms with Crippen LogP contribution < -0.4 is 15.6 Å². The standard InChI is InChI=1S/C20H26IN3O3/c1-20(2,3)27-19(25)24-9-5-7-15(13-24)14-6-4-8-16(10-14)26-17-11-18(21)23-22-12-17/h4,6,8,10-12,15,22-23H,5,7,9,13H2,1-3H3. The van der Waals surface area contributed by atoms with Crippen LogP contribution in [0.3, 0.4) is 0 Å². The van der Waals surface area contributed by atoms with E-state index >= 15 is 0 Å². The van der Waals surface area contributed by atoms with Gasteiger partial charge in [0.25, 0.3) is 0 Å². The summed E-state index contributed by atoms with van der Waals surface area (Å²) in [6, 6.07) is 8.11. The van der Waals surface area contributed by atoms with Crippen LogP contribution in [0.2, 0.25) is 0 Å². The molecule has 2 heterocycles. The van der Waals surface area contributed by atoms with E-state index in [1.54, 1.807) is 6.20 Å². The molecule has 0 saturated carbocycles. The lowest BCUT2D eigenvalue weighted by Crippen LogP contribution is -2.42. The van der Waals surface area contributed by atoms with Gasteiger partial charge in [-0.1, -0.05) is 12.1 Å². The van der Waals surface area contributed by atoms with Gasteiger partial charge in [-0.15, -0.1) is 0 Å². The summed E-state index contributed by atoms with van der Waals surface area (Å²) in [6.07, 6.45) is 5.49. The molecule has 0 aromatic heterocycles. The van der Waals surface area contributed by atoms with Crippen molar-refractivity contribution in [2.45, 2.75) is 45.1 Å². The zero-order valence-electron chi connectivity index (χ0n) is 15.9. The van der Waals surface area contributed by atoms with Gasteiger partial charge < -0.3 is 19.8 Å². The van der Waals surface area contributed by atoms with Crippen molar-refractivity contribution >= 4 is 28.7 Å². The molecule has 0 radical (unpaired) electrons. The van der Waals surface area contributed by atoms with Gasteiger partial charge in [0, 0.05) is 25.1 Å². The number of benzene rings is 1. The number of amides is 1. The van der Waals surface area contributed by atoms with E-state index in [4.69, 9.17) is 9.47 Å². The van der Waals surface area contributed by atoms with Crippen LogP contribution in [0, 0.1) is 0 Å². The highest BCUT2D eigenvalue weighted by Gasteiger charge is 2.28. The monoisotopic (exact) mass is 483 g/mol. The highest BCUT2D eigenvalue weighted by molar-refractivity contribution is 14.1. The third-order valence-electron chi connectivity index (χ3n) is 4.31. The minimum absolute atomic E-state index is 0.231. The van der Waals surface area contributed by atoms with E-state index in [1.165, 1.54) is 5.56 Å². The largest absolute Gasteiger partial charge is 0.456 e. The first-order chi connectivity index (χ1) is 12.8. The molecular weight excluding hydrogens is 457 g/mol. The van der Waals surface area contributed by atoms with Crippen LogP contribution >= 0.6 is 22.6 Å². The van der Waals surface area contributed by atoms with Gasteiger partial charge in [-0.05, 0) is 73.9 Å². The van der Waals surface area contributed by atoms with Crippen molar-refractivity contribution in [3.63, 3.8) is 0 Å². The number of ether oxygens (including phenoxy) is 2. The molecule has 2 N–H and O–H groups in total. The van der Waals surface area contributed by atoms with Crippen LogP contribution in [0.5, 0.6) is 5.75 Å². The summed E-state index contributed by atoms with van der Waals surface area (Å²) < 4.78 is 12.5. The zero-order valence-corrected chi connectivity index (χ0v) is 18.1. The first-order valence-electron chi connectivity index (χ1n) is 9.15. The molecule has 2 aliphatic rings. The van der Waals surface area contributed by atoms with E-state index in [0.29, 0.717) is 6.54 Å². The Morgan fingerprint density at radius 3 is 2.89 bits per heavy atom. The average molecular weight is 483 g/mol. The minimum atomic E-state index is -0.473. The number of nitrogens with one attached hydrogen (secondary N) is 2. The van der Waals surface area contributed by atoms with Crippen molar-refractivity contribution in [3.05, 3.63) is 51.6 Å². The number of piperidine rings is 1. The van der Waals surface area contributed by atoms with Gasteiger partial charge in [0.2, 0.25) is 0 Å². The number of likely N-dealkylation sites (tertiary alicyclic amines) is 1. The molecule has 1 aromatic carbocycles. The smallest absolute Gasteiger partial charge is 0.410 e. The summed E-state index contributed by atoms with van der Waals surface area (Å²) in [4.78, 5) is 14.2. The molecule has 1 atom stereocenters. The quantitative estimate of drug-likeness (QED) is 0.493. The van der Waals surface area contributed by atoms with Gasteiger partial charge in [0.15, 0.2) is 0 Å². The number of carbonyl (C=O) groups is 1. The maximum atomic E-state index is 12.4. The molecule has 2 aliphatic heterocycles. The summed E-state index contributed by atoms with van der Waals surface area (Å²) in [5.41, 5.74) is 6.64. The number of hydrazine groups is 1. The molecule has 3 rings (SSSR count). The number of halogens is 1. The fraction of sp³-hybridized carbons (Fsp3) is 0.450. The number of hydrogen-bond donors (Lipinski definition) is 2. The number of nitrogens with zero attached hydrogens (tertiary/aromatic N) is 1. The van der Waals surface area contributed by atoms with E-state index < -0.39 is 5.60 Å². The van der Waals surface area contributed by atoms with E-state index in [9.17, 15) is 4.79 Å². The summed E-state index contributed by atoms with van der Waals surface area (Å²) >= 11 is 2.19. The SMILES string of the molecule is CC(C)(C)OC(=O)N1CCCC(c2cccc(OC3=CNNC(I)=C3)c2)C1. The molecular formula is C20H26IN3O3. The van der Waals surface area contributed by atoms with Gasteiger partial charge in [-0.25, -0.2) is 4.79 Å². The van der Waals surface area contributed by atoms with Gasteiger partial charge in [0.1, 0.15) is 17.1 Å². The van der Waals surface area contributed by atoms with Crippen LogP contribution in [0.1, 0.15) is 45.1 Å². The molecule has 1 aromatic rings. The molecule has 1 unspecified atom stereocenters. The third-order valence-corrected chi connectivity index (χ3v) is 4.89. The molecule has 0 spiro atoms. The van der Waals surface area contributed by atoms with Crippen molar-refractivity contribution in [3.8, 4) is 5.75 Å². The van der Waals surface area contributed by atoms with Gasteiger partial charge in [0.05, 0.1) is 9.90 Å². The zero-order chi connectivity index (χ0) is 19.4. The Bertz CT molecular complexity index is 755. The van der Waals surface area contributed by atoms with Crippen LogP contribution in [0.4, 0.5) is 4.79 Å². The van der Waals surface area contributed by atoms with Crippen molar-refractivity contribution in [2.24, 2.45) is 0 Å². The van der Waals surface area contributed by atoms with Crippen molar-refractivity contribution in [2.75, 3.05) is 13.1 Å². The topological polar surface area (TPSA) is 62.8 Å². The number of rotatable bonds is 3. The summed E-state index contributed by atoms with van der Waals surface area (Å²) in [5, 5.41) is 0. The second-order valence-electron chi connectivity index (χ2n) is 7.75. The van der Waals surface area contributed by atoms with E-state index in [-0.39, 0.29) is 12.0 Å². The Morgan fingerprint density at radius 1 is 1.33 bits per heavy atom.